The molecular formula is C11H13BrN3O+. The van der Waals surface area contributed by atoms with Gasteiger partial charge >= 0.3 is 0 Å². The lowest BCUT2D eigenvalue weighted by molar-refractivity contribution is -0.449. The minimum atomic E-state index is -0.131. The molecule has 0 saturated carbocycles. The molecule has 1 aromatic rings. The zero-order valence-electron chi connectivity index (χ0n) is 8.72. The van der Waals surface area contributed by atoms with Crippen LogP contribution in [0.3, 0.4) is 0 Å². The maximum absolute atomic E-state index is 11.7. The van der Waals surface area contributed by atoms with Crippen molar-refractivity contribution in [2.75, 3.05) is 6.54 Å². The van der Waals surface area contributed by atoms with E-state index in [4.69, 9.17) is 0 Å². The summed E-state index contributed by atoms with van der Waals surface area (Å²) >= 11 is 3.33. The summed E-state index contributed by atoms with van der Waals surface area (Å²) in [7, 11) is 0. The minimum absolute atomic E-state index is 0.131. The zero-order chi connectivity index (χ0) is 11.4. The molecule has 0 bridgehead atoms. The molecule has 1 aromatic carbocycles. The number of halogens is 1. The largest absolute Gasteiger partial charge is 0.286 e. The number of carbonyl (C=O) groups excluding carboxylic acids is 1. The molecule has 2 rings (SSSR count). The Morgan fingerprint density at radius 2 is 2.06 bits per heavy atom. The minimum Gasteiger partial charge on any atom is -0.277 e. The maximum Gasteiger partial charge on any atom is 0.286 e. The second kappa shape index (κ2) is 5.12. The fourth-order valence-electron chi connectivity index (χ4n) is 1.51. The van der Waals surface area contributed by atoms with Gasteiger partial charge in [-0.3, -0.25) is 9.79 Å². The van der Waals surface area contributed by atoms with Crippen molar-refractivity contribution in [1.29, 1.82) is 0 Å². The van der Waals surface area contributed by atoms with Crippen LogP contribution in [0.4, 0.5) is 0 Å². The quantitative estimate of drug-likeness (QED) is 0.633. The summed E-state index contributed by atoms with van der Waals surface area (Å²) in [4.78, 5) is 14.8. The van der Waals surface area contributed by atoms with Crippen LogP contribution < -0.4 is 15.8 Å². The molecule has 0 fully saturated rings. The molecule has 0 radical (unpaired) electrons. The normalized spacial score (nSPS) is 14.4. The number of hydrogen-bond acceptors (Lipinski definition) is 2. The number of hydrogen-bond donors (Lipinski definition) is 3. The first-order valence-corrected chi connectivity index (χ1v) is 5.96. The highest BCUT2D eigenvalue weighted by Gasteiger charge is 2.14. The summed E-state index contributed by atoms with van der Waals surface area (Å²) in [5.74, 6) is 0.846. The predicted octanol–water partition coefficient (Wildman–Crippen LogP) is -0.0436. The van der Waals surface area contributed by atoms with E-state index in [0.29, 0.717) is 5.56 Å². The third-order valence-corrected chi connectivity index (χ3v) is 2.90. The van der Waals surface area contributed by atoms with E-state index in [1.807, 2.05) is 12.1 Å². The Kier molecular flexibility index (Phi) is 3.56. The van der Waals surface area contributed by atoms with E-state index in [2.05, 4.69) is 31.8 Å². The van der Waals surface area contributed by atoms with Crippen LogP contribution in [-0.4, -0.2) is 18.3 Å². The molecule has 0 aromatic heterocycles. The number of hydrazine groups is 1. The Balaban J connectivity index is 1.90. The van der Waals surface area contributed by atoms with Crippen LogP contribution >= 0.6 is 15.9 Å². The molecule has 16 heavy (non-hydrogen) atoms. The molecule has 0 atom stereocenters. The van der Waals surface area contributed by atoms with E-state index < -0.39 is 0 Å². The molecule has 4 nitrogen and oxygen atoms in total. The van der Waals surface area contributed by atoms with Crippen LogP contribution in [0.25, 0.3) is 0 Å². The highest BCUT2D eigenvalue weighted by atomic mass is 79.9. The standard InChI is InChI=1S/C11H12BrN3O/c12-9-5-3-8(4-6-9)11(16)15-14-10-2-1-7-13-10/h3-6H,1-2,7H2,(H,13,14)(H,15,16)/p+1. The number of nitrogens with one attached hydrogen (secondary N) is 3. The van der Waals surface area contributed by atoms with Gasteiger partial charge in [-0.2, -0.15) is 10.9 Å². The average Bonchev–Trinajstić information content (AvgIpc) is 2.80. The lowest BCUT2D eigenvalue weighted by Gasteiger charge is -2.02. The number of benzene rings is 1. The SMILES string of the molecule is O=C(NNC1=[NH+]CCC1)c1ccc(Br)cc1. The van der Waals surface area contributed by atoms with E-state index in [0.717, 1.165) is 29.7 Å². The van der Waals surface area contributed by atoms with E-state index >= 15 is 0 Å². The molecule has 1 aliphatic heterocycles. The Morgan fingerprint density at radius 1 is 1.31 bits per heavy atom. The molecule has 1 aliphatic rings. The van der Waals surface area contributed by atoms with E-state index in [1.165, 1.54) is 0 Å². The van der Waals surface area contributed by atoms with Crippen molar-refractivity contribution in [3.8, 4) is 0 Å². The van der Waals surface area contributed by atoms with Crippen molar-refractivity contribution in [2.45, 2.75) is 12.8 Å². The molecule has 84 valence electrons. The second-order valence-electron chi connectivity index (χ2n) is 3.59. The lowest BCUT2D eigenvalue weighted by Crippen LogP contribution is -2.73. The monoisotopic (exact) mass is 282 g/mol. The van der Waals surface area contributed by atoms with Gasteiger partial charge in [0.15, 0.2) is 0 Å². The maximum atomic E-state index is 11.7. The smallest absolute Gasteiger partial charge is 0.277 e. The summed E-state index contributed by atoms with van der Waals surface area (Å²) in [5.41, 5.74) is 6.18. The summed E-state index contributed by atoms with van der Waals surface area (Å²) in [5, 5.41) is 0. The van der Waals surface area contributed by atoms with Gasteiger partial charge in [-0.25, -0.2) is 0 Å². The van der Waals surface area contributed by atoms with Gasteiger partial charge in [-0.15, -0.1) is 0 Å². The van der Waals surface area contributed by atoms with Gasteiger partial charge in [-0.1, -0.05) is 15.9 Å². The summed E-state index contributed by atoms with van der Waals surface area (Å²) < 4.78 is 0.962. The van der Waals surface area contributed by atoms with Crippen LogP contribution in [0.5, 0.6) is 0 Å². The van der Waals surface area contributed by atoms with Gasteiger partial charge in [0.2, 0.25) is 0 Å². The molecule has 1 amide bonds. The number of amides is 1. The molecule has 0 aliphatic carbocycles. The lowest BCUT2D eigenvalue weighted by atomic mass is 10.2. The number of rotatable bonds is 1. The Hall–Kier alpha value is -1.36. The van der Waals surface area contributed by atoms with Crippen LogP contribution in [0, 0.1) is 0 Å². The number of amidine groups is 1. The second-order valence-corrected chi connectivity index (χ2v) is 4.51. The highest BCUT2D eigenvalue weighted by molar-refractivity contribution is 9.10. The summed E-state index contributed by atoms with van der Waals surface area (Å²) in [6.45, 7) is 0.969. The molecule has 5 heteroatoms. The van der Waals surface area contributed by atoms with Gasteiger partial charge in [0.25, 0.3) is 11.7 Å². The molecule has 0 unspecified atom stereocenters. The van der Waals surface area contributed by atoms with Gasteiger partial charge in [0.05, 0.1) is 13.0 Å². The average molecular weight is 283 g/mol. The first-order chi connectivity index (χ1) is 7.75. The van der Waals surface area contributed by atoms with Crippen molar-refractivity contribution in [2.24, 2.45) is 0 Å². The molecular weight excluding hydrogens is 270 g/mol. The first kappa shape index (κ1) is 11.1. The predicted molar refractivity (Wildman–Crippen MR) is 64.8 cm³/mol. The molecule has 0 spiro atoms. The zero-order valence-corrected chi connectivity index (χ0v) is 10.3. The van der Waals surface area contributed by atoms with Crippen molar-refractivity contribution < 1.29 is 9.79 Å². The van der Waals surface area contributed by atoms with E-state index in [-0.39, 0.29) is 5.91 Å². The van der Waals surface area contributed by atoms with Crippen LogP contribution in [0.2, 0.25) is 0 Å². The number of carbonyl (C=O) groups is 1. The molecule has 1 heterocycles. The Morgan fingerprint density at radius 3 is 2.69 bits per heavy atom. The third-order valence-electron chi connectivity index (χ3n) is 2.38. The first-order valence-electron chi connectivity index (χ1n) is 5.17. The van der Waals surface area contributed by atoms with Crippen molar-refractivity contribution >= 4 is 27.7 Å². The topological polar surface area (TPSA) is 55.1 Å². The van der Waals surface area contributed by atoms with Crippen LogP contribution in [0.15, 0.2) is 28.7 Å². The van der Waals surface area contributed by atoms with Gasteiger partial charge < -0.3 is 0 Å². The van der Waals surface area contributed by atoms with Crippen molar-refractivity contribution in [1.82, 2.24) is 10.9 Å². The fourth-order valence-corrected chi connectivity index (χ4v) is 1.77. The van der Waals surface area contributed by atoms with Crippen LogP contribution in [-0.2, 0) is 0 Å². The van der Waals surface area contributed by atoms with Gasteiger partial charge in [0, 0.05) is 10.0 Å². The fraction of sp³-hybridized carbons (Fsp3) is 0.273. The van der Waals surface area contributed by atoms with Crippen LogP contribution in [0.1, 0.15) is 23.2 Å². The summed E-state index contributed by atoms with van der Waals surface area (Å²) in [6, 6.07) is 7.23. The highest BCUT2D eigenvalue weighted by Crippen LogP contribution is 2.09. The van der Waals surface area contributed by atoms with Gasteiger partial charge in [-0.05, 0) is 30.7 Å². The molecule has 3 N–H and O–H groups in total. The van der Waals surface area contributed by atoms with Crippen molar-refractivity contribution in [3.63, 3.8) is 0 Å². The summed E-state index contributed by atoms with van der Waals surface area (Å²) in [6.07, 6.45) is 2.07. The van der Waals surface area contributed by atoms with Crippen molar-refractivity contribution in [3.05, 3.63) is 34.3 Å². The Labute approximate surface area is 102 Å². The van der Waals surface area contributed by atoms with E-state index in [1.54, 1.807) is 12.1 Å². The van der Waals surface area contributed by atoms with E-state index in [9.17, 15) is 4.79 Å². The Bertz CT molecular complexity index is 414. The van der Waals surface area contributed by atoms with Gasteiger partial charge in [0.1, 0.15) is 0 Å². The third kappa shape index (κ3) is 2.82. The molecule has 0 saturated heterocycles.